The molecule has 0 saturated heterocycles. The Morgan fingerprint density at radius 3 is 2.53 bits per heavy atom. The lowest BCUT2D eigenvalue weighted by atomic mass is 10.1. The van der Waals surface area contributed by atoms with E-state index in [2.05, 4.69) is 10.5 Å². The first-order valence-corrected chi connectivity index (χ1v) is 10.3. The van der Waals surface area contributed by atoms with E-state index in [1.165, 1.54) is 7.11 Å². The van der Waals surface area contributed by atoms with Crippen molar-refractivity contribution in [1.82, 2.24) is 9.99 Å². The molecule has 0 atom stereocenters. The number of ether oxygens (including phenoxy) is 2. The summed E-state index contributed by atoms with van der Waals surface area (Å²) in [5.41, 5.74) is 7.57. The number of hydrogen-bond donors (Lipinski definition) is 1. The first-order chi connectivity index (χ1) is 15.4. The van der Waals surface area contributed by atoms with E-state index in [-0.39, 0.29) is 18.3 Å². The largest absolute Gasteiger partial charge is 0.494 e. The number of carbonyl (C=O) groups excluding carboxylic acids is 2. The van der Waals surface area contributed by atoms with E-state index in [0.717, 1.165) is 34.0 Å². The van der Waals surface area contributed by atoms with Crippen LogP contribution in [-0.4, -0.2) is 36.4 Å². The number of rotatable bonds is 8. The average molecular weight is 434 g/mol. The first kappa shape index (κ1) is 22.8. The minimum atomic E-state index is -0.383. The maximum atomic E-state index is 12.2. The molecule has 3 rings (SSSR count). The summed E-state index contributed by atoms with van der Waals surface area (Å²) in [7, 11) is 1.36. The monoisotopic (exact) mass is 433 g/mol. The highest BCUT2D eigenvalue weighted by atomic mass is 16.5. The normalized spacial score (nSPS) is 10.9. The third-order valence-corrected chi connectivity index (χ3v) is 4.99. The Balaban J connectivity index is 1.68. The van der Waals surface area contributed by atoms with Crippen molar-refractivity contribution in [2.24, 2.45) is 5.10 Å². The lowest BCUT2D eigenvalue weighted by Gasteiger charge is -2.11. The molecule has 1 amide bonds. The van der Waals surface area contributed by atoms with Gasteiger partial charge in [-0.05, 0) is 62.7 Å². The van der Waals surface area contributed by atoms with Crippen molar-refractivity contribution >= 4 is 18.1 Å². The molecule has 0 aliphatic carbocycles. The predicted octanol–water partition coefficient (Wildman–Crippen LogP) is 3.97. The minimum Gasteiger partial charge on any atom is -0.494 e. The molecule has 2 aromatic carbocycles. The fourth-order valence-electron chi connectivity index (χ4n) is 3.47. The van der Waals surface area contributed by atoms with Crippen LogP contribution in [0.5, 0.6) is 5.75 Å². The third kappa shape index (κ3) is 5.43. The van der Waals surface area contributed by atoms with Crippen LogP contribution in [0.25, 0.3) is 5.69 Å². The Morgan fingerprint density at radius 1 is 1.09 bits per heavy atom. The van der Waals surface area contributed by atoms with Crippen molar-refractivity contribution in [2.75, 3.05) is 13.7 Å². The highest BCUT2D eigenvalue weighted by Gasteiger charge is 2.12. The molecule has 3 aromatic rings. The molecule has 0 saturated carbocycles. The summed E-state index contributed by atoms with van der Waals surface area (Å²) in [5.74, 6) is 0.193. The summed E-state index contributed by atoms with van der Waals surface area (Å²) < 4.78 is 12.2. The lowest BCUT2D eigenvalue weighted by molar-refractivity contribution is -0.120. The molecule has 1 N–H and O–H groups in total. The maximum absolute atomic E-state index is 12.2. The van der Waals surface area contributed by atoms with Crippen LogP contribution in [0.4, 0.5) is 0 Å². The number of hydrazone groups is 1. The van der Waals surface area contributed by atoms with Gasteiger partial charge in [0, 0.05) is 22.6 Å². The second-order valence-corrected chi connectivity index (χ2v) is 7.25. The van der Waals surface area contributed by atoms with Crippen molar-refractivity contribution < 1.29 is 19.1 Å². The maximum Gasteiger partial charge on any atom is 0.337 e. The van der Waals surface area contributed by atoms with Gasteiger partial charge in [0.15, 0.2) is 0 Å². The molecule has 1 aromatic heterocycles. The van der Waals surface area contributed by atoms with Crippen LogP contribution in [0.1, 0.15) is 39.8 Å². The number of hydrogen-bond acceptors (Lipinski definition) is 5. The van der Waals surface area contributed by atoms with Gasteiger partial charge in [-0.25, -0.2) is 10.2 Å². The first-order valence-electron chi connectivity index (χ1n) is 10.3. The number of methoxy groups -OCH3 is 1. The number of esters is 1. The molecule has 0 fully saturated rings. The number of nitrogens with one attached hydrogen (secondary N) is 1. The number of aryl methyl sites for hydroxylation is 1. The molecular weight excluding hydrogens is 406 g/mol. The fraction of sp³-hybridized carbons (Fsp3) is 0.240. The number of carbonyl (C=O) groups is 2. The molecule has 0 unspecified atom stereocenters. The minimum absolute atomic E-state index is 0.204. The van der Waals surface area contributed by atoms with Gasteiger partial charge >= 0.3 is 5.97 Å². The van der Waals surface area contributed by atoms with Gasteiger partial charge in [-0.3, -0.25) is 4.79 Å². The van der Waals surface area contributed by atoms with Crippen molar-refractivity contribution in [3.8, 4) is 11.4 Å². The summed E-state index contributed by atoms with van der Waals surface area (Å²) in [5, 5.41) is 4.12. The molecule has 7 heteroatoms. The molecule has 0 radical (unpaired) electrons. The van der Waals surface area contributed by atoms with E-state index < -0.39 is 0 Å². The highest BCUT2D eigenvalue weighted by Crippen LogP contribution is 2.21. The Hall–Kier alpha value is -3.87. The number of benzene rings is 2. The summed E-state index contributed by atoms with van der Waals surface area (Å²) in [4.78, 5) is 24.1. The zero-order valence-corrected chi connectivity index (χ0v) is 18.7. The van der Waals surface area contributed by atoms with Gasteiger partial charge < -0.3 is 14.0 Å². The zero-order chi connectivity index (χ0) is 23.1. The van der Waals surface area contributed by atoms with Crippen molar-refractivity contribution in [3.63, 3.8) is 0 Å². The van der Waals surface area contributed by atoms with E-state index in [1.54, 1.807) is 18.3 Å². The summed E-state index contributed by atoms with van der Waals surface area (Å²) in [6, 6.07) is 16.6. The Kier molecular flexibility index (Phi) is 7.44. The Morgan fingerprint density at radius 2 is 1.84 bits per heavy atom. The van der Waals surface area contributed by atoms with Gasteiger partial charge in [0.25, 0.3) is 0 Å². The van der Waals surface area contributed by atoms with Gasteiger partial charge in [-0.1, -0.05) is 18.2 Å². The van der Waals surface area contributed by atoms with Crippen LogP contribution in [0.3, 0.4) is 0 Å². The van der Waals surface area contributed by atoms with Gasteiger partial charge in [0.2, 0.25) is 5.91 Å². The van der Waals surface area contributed by atoms with E-state index >= 15 is 0 Å². The topological polar surface area (TPSA) is 81.9 Å². The van der Waals surface area contributed by atoms with Crippen LogP contribution in [0.2, 0.25) is 0 Å². The van der Waals surface area contributed by atoms with Gasteiger partial charge in [0.1, 0.15) is 5.75 Å². The Bertz CT molecular complexity index is 1130. The predicted molar refractivity (Wildman–Crippen MR) is 124 cm³/mol. The molecule has 32 heavy (non-hydrogen) atoms. The second-order valence-electron chi connectivity index (χ2n) is 7.25. The van der Waals surface area contributed by atoms with Crippen molar-refractivity contribution in [1.29, 1.82) is 0 Å². The van der Waals surface area contributed by atoms with Crippen LogP contribution in [0.15, 0.2) is 59.7 Å². The zero-order valence-electron chi connectivity index (χ0n) is 18.7. The molecule has 1 heterocycles. The lowest BCUT2D eigenvalue weighted by Crippen LogP contribution is -2.19. The molecular formula is C25H27N3O4. The molecule has 0 spiro atoms. The quantitative estimate of drug-likeness (QED) is 0.331. The second kappa shape index (κ2) is 10.4. The van der Waals surface area contributed by atoms with Gasteiger partial charge in [-0.2, -0.15) is 5.10 Å². The van der Waals surface area contributed by atoms with Crippen molar-refractivity contribution in [2.45, 2.75) is 27.2 Å². The van der Waals surface area contributed by atoms with Crippen LogP contribution >= 0.6 is 0 Å². The molecule has 0 bridgehead atoms. The standard InChI is InChI=1S/C25H27N3O4/c1-5-32-23-11-9-19(10-12-23)14-24(29)27-26-16-21-13-17(2)28(18(21)3)22-8-6-7-20(15-22)25(30)31-4/h6-13,15-16H,5,14H2,1-4H3,(H,27,29)/b26-16-. The number of nitrogens with zero attached hydrogens (tertiary/aromatic N) is 2. The van der Waals surface area contributed by atoms with E-state index in [0.29, 0.717) is 12.2 Å². The average Bonchev–Trinajstić information content (AvgIpc) is 3.07. The van der Waals surface area contributed by atoms with Gasteiger partial charge in [-0.15, -0.1) is 0 Å². The molecule has 7 nitrogen and oxygen atoms in total. The van der Waals surface area contributed by atoms with E-state index in [9.17, 15) is 9.59 Å². The summed E-state index contributed by atoms with van der Waals surface area (Å²) in [6.07, 6.45) is 1.85. The molecule has 166 valence electrons. The number of aromatic nitrogens is 1. The smallest absolute Gasteiger partial charge is 0.337 e. The summed E-state index contributed by atoms with van der Waals surface area (Å²) >= 11 is 0. The van der Waals surface area contributed by atoms with Crippen molar-refractivity contribution in [3.05, 3.63) is 82.7 Å². The SMILES string of the molecule is CCOc1ccc(CC(=O)N/N=C\c2cc(C)n(-c3cccc(C(=O)OC)c3)c2C)cc1. The fourth-order valence-corrected chi connectivity index (χ4v) is 3.47. The Labute approximate surface area is 187 Å². The molecule has 0 aliphatic heterocycles. The van der Waals surface area contributed by atoms with E-state index in [4.69, 9.17) is 9.47 Å². The number of amides is 1. The highest BCUT2D eigenvalue weighted by molar-refractivity contribution is 5.90. The van der Waals surface area contributed by atoms with Crippen LogP contribution < -0.4 is 10.2 Å². The molecule has 0 aliphatic rings. The van der Waals surface area contributed by atoms with Crippen LogP contribution in [-0.2, 0) is 16.0 Å². The van der Waals surface area contributed by atoms with Crippen LogP contribution in [0, 0.1) is 13.8 Å². The van der Waals surface area contributed by atoms with E-state index in [1.807, 2.05) is 67.8 Å². The summed E-state index contributed by atoms with van der Waals surface area (Å²) in [6.45, 7) is 6.46. The van der Waals surface area contributed by atoms with Gasteiger partial charge in [0.05, 0.1) is 31.9 Å². The third-order valence-electron chi connectivity index (χ3n) is 4.99.